The van der Waals surface area contributed by atoms with Crippen molar-refractivity contribution >= 4 is 15.9 Å². The van der Waals surface area contributed by atoms with Gasteiger partial charge in [-0.3, -0.25) is 0 Å². The van der Waals surface area contributed by atoms with E-state index in [-0.39, 0.29) is 0 Å². The third kappa shape index (κ3) is 1.77. The van der Waals surface area contributed by atoms with Gasteiger partial charge in [-0.2, -0.15) is 0 Å². The van der Waals surface area contributed by atoms with Crippen LogP contribution in [0.5, 0.6) is 0 Å². The molecular formula is C7H9BrN2. The first-order valence-electron chi connectivity index (χ1n) is 3.18. The molecule has 0 fully saturated rings. The van der Waals surface area contributed by atoms with Crippen molar-refractivity contribution in [1.29, 1.82) is 0 Å². The molecule has 0 amide bonds. The molecule has 0 aliphatic carbocycles. The molecule has 0 N–H and O–H groups in total. The van der Waals surface area contributed by atoms with Gasteiger partial charge < -0.3 is 0 Å². The van der Waals surface area contributed by atoms with Crippen LogP contribution in [-0.2, 0) is 0 Å². The second-order valence-corrected chi connectivity index (χ2v) is 3.20. The lowest BCUT2D eigenvalue weighted by Gasteiger charge is -2.00. The normalized spacial score (nSPS) is 10.4. The van der Waals surface area contributed by atoms with Crippen LogP contribution in [0.1, 0.15) is 25.6 Å². The summed E-state index contributed by atoms with van der Waals surface area (Å²) in [6.45, 7) is 4.14. The van der Waals surface area contributed by atoms with Gasteiger partial charge in [-0.05, 0) is 22.0 Å². The molecule has 1 aromatic rings. The highest BCUT2D eigenvalue weighted by molar-refractivity contribution is 9.10. The first-order chi connectivity index (χ1) is 4.70. The molecule has 0 aliphatic rings. The number of rotatable bonds is 1. The van der Waals surface area contributed by atoms with Crippen molar-refractivity contribution in [3.63, 3.8) is 0 Å². The fourth-order valence-electron chi connectivity index (χ4n) is 0.629. The first-order valence-corrected chi connectivity index (χ1v) is 3.98. The highest BCUT2D eigenvalue weighted by Gasteiger charge is 2.00. The number of halogens is 1. The largest absolute Gasteiger partial charge is 0.241 e. The monoisotopic (exact) mass is 200 g/mol. The lowest BCUT2D eigenvalue weighted by Crippen LogP contribution is -1.95. The minimum absolute atomic E-state index is 0.400. The topological polar surface area (TPSA) is 25.8 Å². The number of nitrogens with zero attached hydrogens (tertiary/aromatic N) is 2. The summed E-state index contributed by atoms with van der Waals surface area (Å²) in [5.41, 5.74) is 0. The van der Waals surface area contributed by atoms with Crippen LogP contribution >= 0.6 is 15.9 Å². The van der Waals surface area contributed by atoms with Crippen LogP contribution in [0, 0.1) is 0 Å². The molecule has 1 rings (SSSR count). The summed E-state index contributed by atoms with van der Waals surface area (Å²) >= 11 is 3.28. The Morgan fingerprint density at radius 3 is 2.60 bits per heavy atom. The Hall–Kier alpha value is -0.440. The summed E-state index contributed by atoms with van der Waals surface area (Å²) in [6, 6.07) is 1.83. The third-order valence-corrected chi connectivity index (χ3v) is 1.60. The van der Waals surface area contributed by atoms with Crippen molar-refractivity contribution in [2.75, 3.05) is 0 Å². The zero-order valence-corrected chi connectivity index (χ0v) is 7.59. The predicted molar refractivity (Wildman–Crippen MR) is 43.8 cm³/mol. The van der Waals surface area contributed by atoms with Gasteiger partial charge in [-0.25, -0.2) is 9.97 Å². The molecule has 0 aliphatic heterocycles. The van der Waals surface area contributed by atoms with Gasteiger partial charge in [0.1, 0.15) is 10.4 Å². The van der Waals surface area contributed by atoms with Crippen LogP contribution in [-0.4, -0.2) is 9.97 Å². The maximum Gasteiger partial charge on any atom is 0.132 e. The lowest BCUT2D eigenvalue weighted by atomic mass is 10.2. The molecule has 54 valence electrons. The van der Waals surface area contributed by atoms with Gasteiger partial charge in [-0.1, -0.05) is 13.8 Å². The van der Waals surface area contributed by atoms with Crippen LogP contribution in [0.2, 0.25) is 0 Å². The smallest absolute Gasteiger partial charge is 0.132 e. The number of hydrogen-bond acceptors (Lipinski definition) is 2. The average molecular weight is 201 g/mol. The predicted octanol–water partition coefficient (Wildman–Crippen LogP) is 2.36. The maximum absolute atomic E-state index is 4.18. The highest BCUT2D eigenvalue weighted by atomic mass is 79.9. The van der Waals surface area contributed by atoms with Gasteiger partial charge in [0, 0.05) is 12.1 Å². The van der Waals surface area contributed by atoms with E-state index >= 15 is 0 Å². The van der Waals surface area contributed by atoms with Crippen LogP contribution in [0.15, 0.2) is 16.9 Å². The molecule has 0 radical (unpaired) electrons. The Balaban J connectivity index is 2.96. The van der Waals surface area contributed by atoms with Crippen LogP contribution in [0.25, 0.3) is 0 Å². The molecular weight excluding hydrogens is 192 g/mol. The third-order valence-electron chi connectivity index (χ3n) is 1.16. The van der Waals surface area contributed by atoms with Gasteiger partial charge in [0.15, 0.2) is 0 Å². The molecule has 2 nitrogen and oxygen atoms in total. The van der Waals surface area contributed by atoms with E-state index in [2.05, 4.69) is 39.7 Å². The maximum atomic E-state index is 4.18. The SMILES string of the molecule is CC(C)c1nccc(Br)n1. The molecule has 0 atom stereocenters. The summed E-state index contributed by atoms with van der Waals surface area (Å²) < 4.78 is 0.853. The van der Waals surface area contributed by atoms with Gasteiger partial charge in [-0.15, -0.1) is 0 Å². The second kappa shape index (κ2) is 3.10. The van der Waals surface area contributed by atoms with Crippen molar-refractivity contribution in [1.82, 2.24) is 9.97 Å². The average Bonchev–Trinajstić information content (AvgIpc) is 1.88. The zero-order chi connectivity index (χ0) is 7.56. The second-order valence-electron chi connectivity index (χ2n) is 2.39. The Morgan fingerprint density at radius 2 is 2.20 bits per heavy atom. The summed E-state index contributed by atoms with van der Waals surface area (Å²) in [7, 11) is 0. The van der Waals surface area contributed by atoms with E-state index in [0.29, 0.717) is 5.92 Å². The lowest BCUT2D eigenvalue weighted by molar-refractivity contribution is 0.769. The minimum Gasteiger partial charge on any atom is -0.241 e. The number of hydrogen-bond donors (Lipinski definition) is 0. The van der Waals surface area contributed by atoms with E-state index in [1.54, 1.807) is 6.20 Å². The summed E-state index contributed by atoms with van der Waals surface area (Å²) in [6.07, 6.45) is 1.76. The number of aromatic nitrogens is 2. The summed E-state index contributed by atoms with van der Waals surface area (Å²) in [4.78, 5) is 8.28. The Labute approximate surface area is 68.8 Å². The molecule has 1 aromatic heterocycles. The quantitative estimate of drug-likeness (QED) is 0.651. The van der Waals surface area contributed by atoms with Gasteiger partial charge in [0.25, 0.3) is 0 Å². The highest BCUT2D eigenvalue weighted by Crippen LogP contribution is 2.10. The van der Waals surface area contributed by atoms with Crippen LogP contribution in [0.4, 0.5) is 0 Å². The van der Waals surface area contributed by atoms with Gasteiger partial charge >= 0.3 is 0 Å². The van der Waals surface area contributed by atoms with Crippen molar-refractivity contribution in [2.24, 2.45) is 0 Å². The van der Waals surface area contributed by atoms with E-state index in [1.165, 1.54) is 0 Å². The Kier molecular flexibility index (Phi) is 2.38. The Morgan fingerprint density at radius 1 is 1.50 bits per heavy atom. The molecule has 0 unspecified atom stereocenters. The molecule has 0 aromatic carbocycles. The van der Waals surface area contributed by atoms with E-state index in [9.17, 15) is 0 Å². The molecule has 0 saturated carbocycles. The van der Waals surface area contributed by atoms with Crippen molar-refractivity contribution in [3.05, 3.63) is 22.7 Å². The molecule has 1 heterocycles. The van der Waals surface area contributed by atoms with Crippen LogP contribution < -0.4 is 0 Å². The minimum atomic E-state index is 0.400. The zero-order valence-electron chi connectivity index (χ0n) is 6.00. The molecule has 0 bridgehead atoms. The summed E-state index contributed by atoms with van der Waals surface area (Å²) in [5.74, 6) is 1.28. The van der Waals surface area contributed by atoms with Crippen molar-refractivity contribution in [2.45, 2.75) is 19.8 Å². The molecule has 0 saturated heterocycles. The Bertz CT molecular complexity index is 223. The van der Waals surface area contributed by atoms with E-state index < -0.39 is 0 Å². The standard InChI is InChI=1S/C7H9BrN2/c1-5(2)7-9-4-3-6(8)10-7/h3-5H,1-2H3. The van der Waals surface area contributed by atoms with E-state index in [4.69, 9.17) is 0 Å². The fraction of sp³-hybridized carbons (Fsp3) is 0.429. The molecule has 10 heavy (non-hydrogen) atoms. The summed E-state index contributed by atoms with van der Waals surface area (Å²) in [5, 5.41) is 0. The fourth-order valence-corrected chi connectivity index (χ4v) is 0.929. The first kappa shape index (κ1) is 7.66. The van der Waals surface area contributed by atoms with Crippen molar-refractivity contribution in [3.8, 4) is 0 Å². The molecule has 3 heteroatoms. The van der Waals surface area contributed by atoms with E-state index in [0.717, 1.165) is 10.4 Å². The molecule has 0 spiro atoms. The van der Waals surface area contributed by atoms with Gasteiger partial charge in [0.2, 0.25) is 0 Å². The van der Waals surface area contributed by atoms with Gasteiger partial charge in [0.05, 0.1) is 0 Å². The van der Waals surface area contributed by atoms with Crippen molar-refractivity contribution < 1.29 is 0 Å². The van der Waals surface area contributed by atoms with E-state index in [1.807, 2.05) is 6.07 Å². The van der Waals surface area contributed by atoms with Crippen LogP contribution in [0.3, 0.4) is 0 Å².